The third-order valence-electron chi connectivity index (χ3n) is 2.13. The van der Waals surface area contributed by atoms with Crippen molar-refractivity contribution in [2.45, 2.75) is 12.5 Å². The zero-order chi connectivity index (χ0) is 12.0. The third-order valence-corrected chi connectivity index (χ3v) is 2.78. The van der Waals surface area contributed by atoms with Crippen molar-refractivity contribution in [1.29, 1.82) is 0 Å². The van der Waals surface area contributed by atoms with Gasteiger partial charge in [0.05, 0.1) is 11.7 Å². The van der Waals surface area contributed by atoms with E-state index in [1.165, 1.54) is 6.07 Å². The maximum Gasteiger partial charge on any atom is 0.241 e. The summed E-state index contributed by atoms with van der Waals surface area (Å²) in [7, 11) is 0. The summed E-state index contributed by atoms with van der Waals surface area (Å²) in [4.78, 5) is 11.6. The summed E-state index contributed by atoms with van der Waals surface area (Å²) < 4.78 is 0. The molecule has 96 valence electrons. The van der Waals surface area contributed by atoms with Gasteiger partial charge in [-0.15, -0.1) is 12.4 Å². The predicted molar refractivity (Wildman–Crippen MR) is 75.0 cm³/mol. The van der Waals surface area contributed by atoms with Crippen molar-refractivity contribution in [1.82, 2.24) is 0 Å². The molecule has 0 aromatic heterocycles. The summed E-state index contributed by atoms with van der Waals surface area (Å²) in [6, 6.07) is 6.05. The first-order valence-corrected chi connectivity index (χ1v) is 6.38. The molecule has 0 aliphatic rings. The number of thioether (sulfide) groups is 1. The predicted octanol–water partition coefficient (Wildman–Crippen LogP) is 1.83. The van der Waals surface area contributed by atoms with Crippen LogP contribution in [0, 0.1) is 0 Å². The molecule has 1 aromatic carbocycles. The molecule has 0 saturated heterocycles. The van der Waals surface area contributed by atoms with Crippen LogP contribution in [0.5, 0.6) is 5.75 Å². The molecule has 0 saturated carbocycles. The van der Waals surface area contributed by atoms with Gasteiger partial charge in [-0.3, -0.25) is 4.79 Å². The highest BCUT2D eigenvalue weighted by Crippen LogP contribution is 2.21. The van der Waals surface area contributed by atoms with E-state index in [1.54, 1.807) is 30.0 Å². The summed E-state index contributed by atoms with van der Waals surface area (Å²) in [5.74, 6) is 0.624. The maximum absolute atomic E-state index is 11.6. The number of hydrogen-bond acceptors (Lipinski definition) is 4. The van der Waals surface area contributed by atoms with Crippen molar-refractivity contribution in [3.05, 3.63) is 24.3 Å². The van der Waals surface area contributed by atoms with Gasteiger partial charge >= 0.3 is 0 Å². The Morgan fingerprint density at radius 2 is 2.18 bits per heavy atom. The Morgan fingerprint density at radius 3 is 2.76 bits per heavy atom. The number of nitrogens with one attached hydrogen (secondary N) is 1. The normalized spacial score (nSPS) is 11.4. The first kappa shape index (κ1) is 16.1. The van der Waals surface area contributed by atoms with Crippen LogP contribution >= 0.6 is 24.2 Å². The van der Waals surface area contributed by atoms with E-state index in [-0.39, 0.29) is 24.1 Å². The lowest BCUT2D eigenvalue weighted by atomic mass is 10.2. The summed E-state index contributed by atoms with van der Waals surface area (Å²) in [6.07, 6.45) is 2.59. The highest BCUT2D eigenvalue weighted by atomic mass is 35.5. The van der Waals surface area contributed by atoms with Crippen LogP contribution < -0.4 is 11.1 Å². The zero-order valence-electron chi connectivity index (χ0n) is 9.55. The number of para-hydroxylation sites is 2. The van der Waals surface area contributed by atoms with E-state index in [2.05, 4.69) is 5.32 Å². The lowest BCUT2D eigenvalue weighted by molar-refractivity contribution is -0.117. The van der Waals surface area contributed by atoms with Crippen molar-refractivity contribution in [3.8, 4) is 5.75 Å². The lowest BCUT2D eigenvalue weighted by Crippen LogP contribution is -2.36. The minimum absolute atomic E-state index is 0. The summed E-state index contributed by atoms with van der Waals surface area (Å²) in [5, 5.41) is 12.1. The van der Waals surface area contributed by atoms with Crippen LogP contribution in [0.1, 0.15) is 6.42 Å². The van der Waals surface area contributed by atoms with Gasteiger partial charge in [0, 0.05) is 0 Å². The van der Waals surface area contributed by atoms with Crippen molar-refractivity contribution < 1.29 is 9.90 Å². The number of carbonyl (C=O) groups is 1. The lowest BCUT2D eigenvalue weighted by Gasteiger charge is -2.12. The fourth-order valence-corrected chi connectivity index (χ4v) is 1.67. The van der Waals surface area contributed by atoms with Gasteiger partial charge < -0.3 is 16.2 Å². The Morgan fingerprint density at radius 1 is 1.53 bits per heavy atom. The van der Waals surface area contributed by atoms with E-state index in [0.717, 1.165) is 5.75 Å². The zero-order valence-corrected chi connectivity index (χ0v) is 11.2. The number of benzene rings is 1. The van der Waals surface area contributed by atoms with Crippen LogP contribution in [0.4, 0.5) is 5.69 Å². The molecule has 0 bridgehead atoms. The van der Waals surface area contributed by atoms with Gasteiger partial charge in [-0.05, 0) is 30.6 Å². The smallest absolute Gasteiger partial charge is 0.241 e. The molecule has 1 aromatic rings. The molecular formula is C11H17ClN2O2S. The molecule has 17 heavy (non-hydrogen) atoms. The van der Waals surface area contributed by atoms with E-state index in [9.17, 15) is 9.90 Å². The minimum atomic E-state index is -0.535. The van der Waals surface area contributed by atoms with E-state index >= 15 is 0 Å². The average Bonchev–Trinajstić information content (AvgIpc) is 2.28. The molecule has 0 heterocycles. The van der Waals surface area contributed by atoms with Gasteiger partial charge in [0.15, 0.2) is 0 Å². The molecule has 0 radical (unpaired) electrons. The number of rotatable bonds is 5. The van der Waals surface area contributed by atoms with Gasteiger partial charge in [0.25, 0.3) is 0 Å². The standard InChI is InChI=1S/C11H16N2O2S.ClH/c1-16-7-6-8(12)11(15)13-9-4-2-3-5-10(9)14;/h2-5,8,14H,6-7,12H2,1H3,(H,13,15);1H. The number of halogens is 1. The van der Waals surface area contributed by atoms with Crippen LogP contribution in [0.15, 0.2) is 24.3 Å². The molecule has 0 spiro atoms. The molecule has 0 aliphatic carbocycles. The molecule has 4 N–H and O–H groups in total. The van der Waals surface area contributed by atoms with Crippen molar-refractivity contribution in [2.24, 2.45) is 5.73 Å². The largest absolute Gasteiger partial charge is 0.506 e. The molecule has 0 fully saturated rings. The molecule has 1 amide bonds. The molecular weight excluding hydrogens is 260 g/mol. The summed E-state index contributed by atoms with van der Waals surface area (Å²) in [5.41, 5.74) is 6.09. The van der Waals surface area contributed by atoms with Crippen LogP contribution in [0.25, 0.3) is 0 Å². The van der Waals surface area contributed by atoms with Crippen molar-refractivity contribution in [2.75, 3.05) is 17.3 Å². The Hall–Kier alpha value is -0.910. The quantitative estimate of drug-likeness (QED) is 0.717. The number of aromatic hydroxyl groups is 1. The second-order valence-corrected chi connectivity index (χ2v) is 4.38. The second kappa shape index (κ2) is 8.22. The molecule has 6 heteroatoms. The highest BCUT2D eigenvalue weighted by Gasteiger charge is 2.14. The van der Waals surface area contributed by atoms with Crippen LogP contribution in [0.2, 0.25) is 0 Å². The van der Waals surface area contributed by atoms with Crippen molar-refractivity contribution >= 4 is 35.8 Å². The topological polar surface area (TPSA) is 75.4 Å². The SMILES string of the molecule is CSCCC(N)C(=O)Nc1ccccc1O.Cl. The Kier molecular flexibility index (Phi) is 7.78. The Labute approximate surface area is 111 Å². The third kappa shape index (κ3) is 5.30. The Bertz CT molecular complexity index is 363. The molecule has 0 aliphatic heterocycles. The molecule has 4 nitrogen and oxygen atoms in total. The van der Waals surface area contributed by atoms with Gasteiger partial charge in [-0.2, -0.15) is 11.8 Å². The van der Waals surface area contributed by atoms with Crippen LogP contribution in [0.3, 0.4) is 0 Å². The van der Waals surface area contributed by atoms with E-state index < -0.39 is 6.04 Å². The number of amides is 1. The van der Waals surface area contributed by atoms with E-state index in [0.29, 0.717) is 12.1 Å². The van der Waals surface area contributed by atoms with Crippen LogP contribution in [-0.2, 0) is 4.79 Å². The van der Waals surface area contributed by atoms with Crippen LogP contribution in [-0.4, -0.2) is 29.1 Å². The highest BCUT2D eigenvalue weighted by molar-refractivity contribution is 7.98. The minimum Gasteiger partial charge on any atom is -0.506 e. The first-order valence-electron chi connectivity index (χ1n) is 4.98. The number of phenols is 1. The molecule has 1 rings (SSSR count). The average molecular weight is 277 g/mol. The fraction of sp³-hybridized carbons (Fsp3) is 0.364. The second-order valence-electron chi connectivity index (χ2n) is 3.39. The van der Waals surface area contributed by atoms with Gasteiger partial charge in [0.1, 0.15) is 5.75 Å². The maximum atomic E-state index is 11.6. The monoisotopic (exact) mass is 276 g/mol. The first-order chi connectivity index (χ1) is 7.65. The van der Waals surface area contributed by atoms with Gasteiger partial charge in [-0.25, -0.2) is 0 Å². The Balaban J connectivity index is 0.00000256. The number of hydrogen-bond donors (Lipinski definition) is 3. The summed E-state index contributed by atoms with van der Waals surface area (Å²) >= 11 is 1.65. The van der Waals surface area contributed by atoms with E-state index in [4.69, 9.17) is 5.73 Å². The summed E-state index contributed by atoms with van der Waals surface area (Å²) in [6.45, 7) is 0. The van der Waals surface area contributed by atoms with Crippen molar-refractivity contribution in [3.63, 3.8) is 0 Å². The van der Waals surface area contributed by atoms with Gasteiger partial charge in [0.2, 0.25) is 5.91 Å². The number of phenolic OH excluding ortho intramolecular Hbond substituents is 1. The van der Waals surface area contributed by atoms with Gasteiger partial charge in [-0.1, -0.05) is 12.1 Å². The number of nitrogens with two attached hydrogens (primary N) is 1. The fourth-order valence-electron chi connectivity index (χ4n) is 1.18. The molecule has 1 atom stereocenters. The number of carbonyl (C=O) groups excluding carboxylic acids is 1. The number of anilines is 1. The van der Waals surface area contributed by atoms with E-state index in [1.807, 2.05) is 6.26 Å². The molecule has 1 unspecified atom stereocenters.